The van der Waals surface area contributed by atoms with Crippen molar-refractivity contribution in [3.63, 3.8) is 0 Å². The smallest absolute Gasteiger partial charge is 0.328 e. The lowest BCUT2D eigenvalue weighted by molar-refractivity contribution is 0.424. The lowest BCUT2D eigenvalue weighted by Crippen LogP contribution is -2.11. The van der Waals surface area contributed by atoms with E-state index in [0.717, 1.165) is 4.57 Å². The van der Waals surface area contributed by atoms with Gasteiger partial charge in [0.1, 0.15) is 5.75 Å². The maximum Gasteiger partial charge on any atom is 0.328 e. The first-order chi connectivity index (χ1) is 5.81. The largest absolute Gasteiger partial charge is 0.493 e. The molecule has 0 aliphatic heterocycles. The van der Waals surface area contributed by atoms with E-state index in [-0.39, 0.29) is 5.69 Å². The van der Waals surface area contributed by atoms with E-state index in [4.69, 9.17) is 5.11 Å². The molecule has 1 aromatic rings. The highest BCUT2D eigenvalue weighted by Gasteiger charge is 2.17. The van der Waals surface area contributed by atoms with Crippen molar-refractivity contribution >= 4 is 10.2 Å². The molecule has 0 unspecified atom stereocenters. The molecule has 0 fully saturated rings. The van der Waals surface area contributed by atoms with Gasteiger partial charge in [0, 0.05) is 7.05 Å². The van der Waals surface area contributed by atoms with Crippen LogP contribution in [0.1, 0.15) is 5.69 Å². The number of imidazole rings is 1. The van der Waals surface area contributed by atoms with Crippen molar-refractivity contribution in [2.75, 3.05) is 0 Å². The third-order valence-corrected chi connectivity index (χ3v) is 2.10. The number of aromatic amines is 1. The molecule has 0 atom stereocenters. The van der Waals surface area contributed by atoms with Crippen LogP contribution in [0.15, 0.2) is 4.79 Å². The number of aromatic hydroxyl groups is 1. The second-order valence-corrected chi connectivity index (χ2v) is 3.84. The van der Waals surface area contributed by atoms with Gasteiger partial charge in [0.15, 0.2) is 0 Å². The summed E-state index contributed by atoms with van der Waals surface area (Å²) in [7, 11) is -3.52. The molecule has 0 radical (unpaired) electrons. The fourth-order valence-corrected chi connectivity index (χ4v) is 1.39. The molecule has 1 aromatic heterocycles. The summed E-state index contributed by atoms with van der Waals surface area (Å²) in [4.78, 5) is 12.8. The molecule has 2 N–H and O–H groups in total. The maximum atomic E-state index is 12.1. The Balaban J connectivity index is 3.18. The van der Waals surface area contributed by atoms with Crippen LogP contribution < -0.4 is 5.69 Å². The summed E-state index contributed by atoms with van der Waals surface area (Å²) in [5, 5.41) is 9.08. The molecule has 0 amide bonds. The Bertz CT molecular complexity index is 471. The van der Waals surface area contributed by atoms with E-state index >= 15 is 0 Å². The van der Waals surface area contributed by atoms with E-state index in [1.54, 1.807) is 0 Å². The van der Waals surface area contributed by atoms with Crippen LogP contribution in [0.5, 0.6) is 5.88 Å². The first-order valence-corrected chi connectivity index (χ1v) is 4.75. The SMILES string of the molecule is Cn1c(O)c(CS(=O)(=O)F)[nH]c1=O. The quantitative estimate of drug-likeness (QED) is 0.626. The van der Waals surface area contributed by atoms with E-state index in [1.165, 1.54) is 7.05 Å². The summed E-state index contributed by atoms with van der Waals surface area (Å²) in [5.41, 5.74) is -1.05. The van der Waals surface area contributed by atoms with Gasteiger partial charge in [-0.3, -0.25) is 4.57 Å². The van der Waals surface area contributed by atoms with E-state index in [0.29, 0.717) is 0 Å². The lowest BCUT2D eigenvalue weighted by atomic mass is 10.5. The van der Waals surface area contributed by atoms with Gasteiger partial charge in [0.2, 0.25) is 5.88 Å². The van der Waals surface area contributed by atoms with Gasteiger partial charge in [-0.05, 0) is 0 Å². The molecule has 8 heteroatoms. The molecule has 1 heterocycles. The second-order valence-electron chi connectivity index (χ2n) is 2.47. The molecule has 0 aliphatic carbocycles. The van der Waals surface area contributed by atoms with Gasteiger partial charge in [-0.1, -0.05) is 0 Å². The Kier molecular flexibility index (Phi) is 2.16. The number of halogens is 1. The molecule has 0 aliphatic rings. The summed E-state index contributed by atoms with van der Waals surface area (Å²) in [6.07, 6.45) is 0. The standard InChI is InChI=1S/C5H7FN2O4S/c1-8-4(9)3(7-5(8)10)2-13(6,11)12/h9H,2H2,1H3,(H,7,10). The molecule has 13 heavy (non-hydrogen) atoms. The van der Waals surface area contributed by atoms with Crippen LogP contribution in [0.3, 0.4) is 0 Å². The summed E-state index contributed by atoms with van der Waals surface area (Å²) in [5.74, 6) is -1.61. The van der Waals surface area contributed by atoms with Crippen molar-refractivity contribution in [3.05, 3.63) is 16.2 Å². The highest BCUT2D eigenvalue weighted by Crippen LogP contribution is 2.14. The van der Waals surface area contributed by atoms with Crippen molar-refractivity contribution in [1.29, 1.82) is 0 Å². The predicted molar refractivity (Wildman–Crippen MR) is 41.4 cm³/mol. The lowest BCUT2D eigenvalue weighted by Gasteiger charge is -1.94. The number of hydrogen-bond donors (Lipinski definition) is 2. The Morgan fingerprint density at radius 3 is 2.46 bits per heavy atom. The molecule has 1 rings (SSSR count). The van der Waals surface area contributed by atoms with Crippen LogP contribution in [0, 0.1) is 0 Å². The van der Waals surface area contributed by atoms with Crippen LogP contribution >= 0.6 is 0 Å². The van der Waals surface area contributed by atoms with Crippen LogP contribution in [-0.4, -0.2) is 23.1 Å². The third kappa shape index (κ3) is 2.08. The zero-order valence-electron chi connectivity index (χ0n) is 6.61. The minimum Gasteiger partial charge on any atom is -0.493 e. The van der Waals surface area contributed by atoms with Crippen molar-refractivity contribution < 1.29 is 17.4 Å². The molecular weight excluding hydrogens is 203 g/mol. The van der Waals surface area contributed by atoms with Crippen molar-refractivity contribution in [3.8, 4) is 5.88 Å². The molecule has 6 nitrogen and oxygen atoms in total. The first-order valence-electron chi connectivity index (χ1n) is 3.20. The average molecular weight is 210 g/mol. The zero-order chi connectivity index (χ0) is 10.2. The summed E-state index contributed by atoms with van der Waals surface area (Å²) in [6.45, 7) is 0. The topological polar surface area (TPSA) is 92.2 Å². The molecule has 0 saturated heterocycles. The first kappa shape index (κ1) is 9.78. The van der Waals surface area contributed by atoms with Crippen LogP contribution in [0.4, 0.5) is 3.89 Å². The Hall–Kier alpha value is -1.31. The molecule has 74 valence electrons. The van der Waals surface area contributed by atoms with Gasteiger partial charge >= 0.3 is 15.9 Å². The predicted octanol–water partition coefficient (Wildman–Crippen LogP) is -0.782. The maximum absolute atomic E-state index is 12.1. The number of hydrogen-bond acceptors (Lipinski definition) is 4. The summed E-state index contributed by atoms with van der Waals surface area (Å²) >= 11 is 0. The molecule has 0 spiro atoms. The van der Waals surface area contributed by atoms with Crippen molar-refractivity contribution in [1.82, 2.24) is 9.55 Å². The fraction of sp³-hybridized carbons (Fsp3) is 0.400. The summed E-state index contributed by atoms with van der Waals surface area (Å²) < 4.78 is 33.2. The zero-order valence-corrected chi connectivity index (χ0v) is 7.43. The Morgan fingerprint density at radius 1 is 1.62 bits per heavy atom. The van der Waals surface area contributed by atoms with Crippen LogP contribution in [-0.2, 0) is 23.0 Å². The monoisotopic (exact) mass is 210 g/mol. The van der Waals surface area contributed by atoms with Gasteiger partial charge in [0.05, 0.1) is 5.69 Å². The van der Waals surface area contributed by atoms with Gasteiger partial charge < -0.3 is 10.1 Å². The highest BCUT2D eigenvalue weighted by atomic mass is 32.3. The number of aromatic nitrogens is 2. The van der Waals surface area contributed by atoms with E-state index in [1.807, 2.05) is 4.98 Å². The normalized spacial score (nSPS) is 11.8. The van der Waals surface area contributed by atoms with Crippen LogP contribution in [0.25, 0.3) is 0 Å². The minimum atomic E-state index is -4.75. The molecule has 0 bridgehead atoms. The fourth-order valence-electron chi connectivity index (χ4n) is 0.840. The molecule has 0 saturated carbocycles. The van der Waals surface area contributed by atoms with E-state index in [2.05, 4.69) is 0 Å². The highest BCUT2D eigenvalue weighted by molar-refractivity contribution is 7.85. The van der Waals surface area contributed by atoms with Gasteiger partial charge in [-0.15, -0.1) is 3.89 Å². The number of nitrogens with one attached hydrogen (secondary N) is 1. The minimum absolute atomic E-state index is 0.352. The Morgan fingerprint density at radius 2 is 2.15 bits per heavy atom. The number of H-pyrrole nitrogens is 1. The molecule has 0 aromatic carbocycles. The average Bonchev–Trinajstić information content (AvgIpc) is 2.15. The van der Waals surface area contributed by atoms with Crippen molar-refractivity contribution in [2.45, 2.75) is 5.75 Å². The second kappa shape index (κ2) is 2.87. The van der Waals surface area contributed by atoms with Crippen molar-refractivity contribution in [2.24, 2.45) is 7.05 Å². The number of rotatable bonds is 2. The molecular formula is C5H7FN2O4S. The van der Waals surface area contributed by atoms with Gasteiger partial charge in [0.25, 0.3) is 0 Å². The van der Waals surface area contributed by atoms with Gasteiger partial charge in [-0.25, -0.2) is 4.79 Å². The van der Waals surface area contributed by atoms with Gasteiger partial charge in [-0.2, -0.15) is 8.42 Å². The third-order valence-electron chi connectivity index (χ3n) is 1.47. The van der Waals surface area contributed by atoms with E-state index in [9.17, 15) is 17.1 Å². The number of nitrogens with zero attached hydrogens (tertiary/aromatic N) is 1. The summed E-state index contributed by atoms with van der Waals surface area (Å²) in [6, 6.07) is 0. The van der Waals surface area contributed by atoms with E-state index < -0.39 is 27.5 Å². The Labute approximate surface area is 72.8 Å². The van der Waals surface area contributed by atoms with Crippen LogP contribution in [0.2, 0.25) is 0 Å².